The average Bonchev–Trinajstić information content (AvgIpc) is 3.56. The summed E-state index contributed by atoms with van der Waals surface area (Å²) >= 11 is 0. The molecule has 13 heteroatoms. The van der Waals surface area contributed by atoms with Gasteiger partial charge in [0.1, 0.15) is 28.8 Å². The number of furan rings is 1. The summed E-state index contributed by atoms with van der Waals surface area (Å²) in [6.45, 7) is 0.310. The predicted molar refractivity (Wildman–Crippen MR) is 134 cm³/mol. The Morgan fingerprint density at radius 2 is 2.24 bits per heavy atom. The molecule has 1 aromatic carbocycles. The fourth-order valence-corrected chi connectivity index (χ4v) is 4.61. The normalized spacial score (nSPS) is 20.1. The maximum absolute atomic E-state index is 16.0. The van der Waals surface area contributed by atoms with E-state index in [1.165, 1.54) is 35.5 Å². The Bertz CT molecular complexity index is 1340. The number of hydrogen-bond acceptors (Lipinski definition) is 8. The molecule has 4 rings (SSSR count). The number of carbonyl (C=O) groups is 2. The van der Waals surface area contributed by atoms with E-state index < -0.39 is 29.5 Å². The van der Waals surface area contributed by atoms with Crippen LogP contribution in [0.15, 0.2) is 46.3 Å². The fraction of sp³-hybridized carbons (Fsp3) is 0.360. The highest BCUT2D eigenvalue weighted by Crippen LogP contribution is 2.38. The van der Waals surface area contributed by atoms with Gasteiger partial charge < -0.3 is 25.0 Å². The molecular weight excluding hydrogens is 502 g/mol. The first-order valence-corrected chi connectivity index (χ1v) is 11.7. The van der Waals surface area contributed by atoms with Crippen LogP contribution in [-0.4, -0.2) is 71.4 Å². The third-order valence-electron chi connectivity index (χ3n) is 6.72. The molecule has 0 radical (unpaired) electrons. The summed E-state index contributed by atoms with van der Waals surface area (Å²) in [5.41, 5.74) is 5.14. The number of hydrogen-bond donors (Lipinski definition) is 3. The number of anilines is 1. The van der Waals surface area contributed by atoms with Gasteiger partial charge in [-0.15, -0.1) is 0 Å². The van der Waals surface area contributed by atoms with Gasteiger partial charge in [0.2, 0.25) is 0 Å². The lowest BCUT2D eigenvalue weighted by Crippen LogP contribution is -2.55. The average molecular weight is 531 g/mol. The Morgan fingerprint density at radius 3 is 2.87 bits per heavy atom. The van der Waals surface area contributed by atoms with Crippen molar-refractivity contribution in [1.29, 1.82) is 0 Å². The highest BCUT2D eigenvalue weighted by atomic mass is 19.1. The number of nitrogens with one attached hydrogen (secondary N) is 1. The number of piperidine rings is 1. The molecule has 0 bridgehead atoms. The van der Waals surface area contributed by atoms with Gasteiger partial charge in [0.25, 0.3) is 5.91 Å². The topological polar surface area (TPSA) is 148 Å². The van der Waals surface area contributed by atoms with Gasteiger partial charge in [0.15, 0.2) is 5.82 Å². The van der Waals surface area contributed by atoms with E-state index in [-0.39, 0.29) is 48.6 Å². The first-order valence-electron chi connectivity index (χ1n) is 11.7. The number of aromatic nitrogens is 2. The fourth-order valence-electron chi connectivity index (χ4n) is 4.61. The second kappa shape index (κ2) is 11.0. The lowest BCUT2D eigenvalue weighted by atomic mass is 9.83. The molecule has 1 aliphatic rings. The molecule has 0 spiro atoms. The van der Waals surface area contributed by atoms with Crippen LogP contribution in [0.2, 0.25) is 0 Å². The van der Waals surface area contributed by atoms with Crippen molar-refractivity contribution < 1.29 is 32.6 Å². The number of rotatable bonds is 8. The molecule has 0 saturated carbocycles. The SMILES string of the molecule is CN=CCC1(n2cc(C(N)=O)c(NC(=O)OC)n2)CCN(Cc2cc(O)c(-c3ccoc3)cc2F)CC1F. The summed E-state index contributed by atoms with van der Waals surface area (Å²) in [6, 6.07) is 4.16. The van der Waals surface area contributed by atoms with Gasteiger partial charge in [-0.05, 0) is 24.6 Å². The molecular formula is C25H28F2N6O5. The molecule has 2 atom stereocenters. The van der Waals surface area contributed by atoms with Gasteiger partial charge in [0.05, 0.1) is 19.6 Å². The van der Waals surface area contributed by atoms with E-state index in [2.05, 4.69) is 20.1 Å². The van der Waals surface area contributed by atoms with Crippen LogP contribution in [0.1, 0.15) is 28.8 Å². The number of ether oxygens (including phenoxy) is 1. The molecule has 2 amide bonds. The van der Waals surface area contributed by atoms with E-state index >= 15 is 4.39 Å². The van der Waals surface area contributed by atoms with Crippen LogP contribution in [0.3, 0.4) is 0 Å². The molecule has 38 heavy (non-hydrogen) atoms. The molecule has 0 aliphatic carbocycles. The summed E-state index contributed by atoms with van der Waals surface area (Å²) in [7, 11) is 2.71. The number of primary amides is 1. The molecule has 3 heterocycles. The quantitative estimate of drug-likeness (QED) is 0.379. The Labute approximate surface area is 216 Å². The number of aliphatic imine (C=N–C) groups is 1. The maximum Gasteiger partial charge on any atom is 0.412 e. The number of nitrogens with two attached hydrogens (primary N) is 1. The summed E-state index contributed by atoms with van der Waals surface area (Å²) in [5, 5.41) is 17.0. The molecule has 3 aromatic rings. The van der Waals surface area contributed by atoms with Gasteiger partial charge in [-0.3, -0.25) is 19.7 Å². The summed E-state index contributed by atoms with van der Waals surface area (Å²) < 4.78 is 41.8. The molecule has 1 aliphatic heterocycles. The number of nitrogens with zero attached hydrogens (tertiary/aromatic N) is 4. The molecule has 2 aromatic heterocycles. The van der Waals surface area contributed by atoms with Crippen LogP contribution >= 0.6 is 0 Å². The number of benzene rings is 1. The van der Waals surface area contributed by atoms with E-state index in [4.69, 9.17) is 10.2 Å². The maximum atomic E-state index is 16.0. The smallest absolute Gasteiger partial charge is 0.412 e. The van der Waals surface area contributed by atoms with Gasteiger partial charge in [-0.25, -0.2) is 13.6 Å². The third-order valence-corrected chi connectivity index (χ3v) is 6.72. The number of aromatic hydroxyl groups is 1. The van der Waals surface area contributed by atoms with E-state index in [0.29, 0.717) is 17.7 Å². The summed E-state index contributed by atoms with van der Waals surface area (Å²) in [4.78, 5) is 29.4. The molecule has 1 fully saturated rings. The zero-order valence-electron chi connectivity index (χ0n) is 20.9. The highest BCUT2D eigenvalue weighted by Gasteiger charge is 2.46. The van der Waals surface area contributed by atoms with Gasteiger partial charge in [-0.1, -0.05) is 0 Å². The van der Waals surface area contributed by atoms with Crippen molar-refractivity contribution in [2.24, 2.45) is 10.7 Å². The van der Waals surface area contributed by atoms with Crippen LogP contribution in [0.25, 0.3) is 11.1 Å². The number of phenolic OH excluding ortho intramolecular Hbond substituents is 1. The van der Waals surface area contributed by atoms with Gasteiger partial charge in [-0.2, -0.15) is 5.10 Å². The number of halogens is 2. The Balaban J connectivity index is 1.59. The lowest BCUT2D eigenvalue weighted by molar-refractivity contribution is 0.00888. The van der Waals surface area contributed by atoms with Crippen LogP contribution in [-0.2, 0) is 16.8 Å². The summed E-state index contributed by atoms with van der Waals surface area (Å²) in [6.07, 6.45) is 3.64. The second-order valence-corrected chi connectivity index (χ2v) is 8.99. The zero-order chi connectivity index (χ0) is 27.4. The number of carbonyl (C=O) groups excluding carboxylic acids is 2. The minimum atomic E-state index is -1.53. The van der Waals surface area contributed by atoms with Crippen molar-refractivity contribution in [3.8, 4) is 16.9 Å². The molecule has 202 valence electrons. The highest BCUT2D eigenvalue weighted by molar-refractivity contribution is 6.00. The van der Waals surface area contributed by atoms with Crippen molar-refractivity contribution in [3.05, 3.63) is 53.9 Å². The van der Waals surface area contributed by atoms with E-state index in [1.807, 2.05) is 0 Å². The molecule has 4 N–H and O–H groups in total. The zero-order valence-corrected chi connectivity index (χ0v) is 20.9. The monoisotopic (exact) mass is 530 g/mol. The third kappa shape index (κ3) is 5.23. The van der Waals surface area contributed by atoms with E-state index in [9.17, 15) is 19.1 Å². The number of phenols is 1. The minimum absolute atomic E-state index is 0.0597. The molecule has 1 saturated heterocycles. The Morgan fingerprint density at radius 1 is 1.45 bits per heavy atom. The van der Waals surface area contributed by atoms with E-state index in [1.54, 1.807) is 24.2 Å². The minimum Gasteiger partial charge on any atom is -0.507 e. The number of likely N-dealkylation sites (tertiary alicyclic amines) is 1. The van der Waals surface area contributed by atoms with Crippen molar-refractivity contribution >= 4 is 24.0 Å². The van der Waals surface area contributed by atoms with Crippen LogP contribution in [0, 0.1) is 5.82 Å². The molecule has 2 unspecified atom stereocenters. The van der Waals surface area contributed by atoms with Gasteiger partial charge in [0, 0.05) is 62.2 Å². The van der Waals surface area contributed by atoms with Crippen LogP contribution in [0.5, 0.6) is 5.75 Å². The Hall–Kier alpha value is -4.26. The van der Waals surface area contributed by atoms with Crippen molar-refractivity contribution in [3.63, 3.8) is 0 Å². The Kier molecular flexibility index (Phi) is 7.76. The van der Waals surface area contributed by atoms with E-state index in [0.717, 1.165) is 7.11 Å². The molecule has 11 nitrogen and oxygen atoms in total. The summed E-state index contributed by atoms with van der Waals surface area (Å²) in [5.74, 6) is -1.67. The first kappa shape index (κ1) is 26.8. The lowest BCUT2D eigenvalue weighted by Gasteiger charge is -2.44. The van der Waals surface area contributed by atoms with Crippen LogP contribution in [0.4, 0.5) is 19.4 Å². The van der Waals surface area contributed by atoms with Crippen molar-refractivity contribution in [1.82, 2.24) is 14.7 Å². The number of amides is 2. The number of alkyl halides is 1. The largest absolute Gasteiger partial charge is 0.507 e. The predicted octanol–water partition coefficient (Wildman–Crippen LogP) is 3.30. The standard InChI is InChI=1S/C25H28F2N6O5/c1-29-6-4-25(33-12-18(22(28)35)23(31-33)30-24(36)37-2)5-7-32(13-21(25)27)11-16-9-20(34)17(10-19(16)26)15-3-8-38-14-15/h3,6,8-10,12,14,21,34H,4-5,7,11,13H2,1-2H3,(H2,28,35)(H,30,31,36). The number of methoxy groups -OCH3 is 1. The van der Waals surface area contributed by atoms with Crippen molar-refractivity contribution in [2.45, 2.75) is 31.1 Å². The second-order valence-electron chi connectivity index (χ2n) is 8.99. The van der Waals surface area contributed by atoms with Crippen molar-refractivity contribution in [2.75, 3.05) is 32.6 Å². The first-order chi connectivity index (χ1) is 18.2. The van der Waals surface area contributed by atoms with Crippen LogP contribution < -0.4 is 11.1 Å². The van der Waals surface area contributed by atoms with Gasteiger partial charge >= 0.3 is 6.09 Å².